The van der Waals surface area contributed by atoms with Crippen LogP contribution >= 0.6 is 0 Å². The highest BCUT2D eigenvalue weighted by atomic mass is 16.3. The summed E-state index contributed by atoms with van der Waals surface area (Å²) in [4.78, 5) is 16.0. The molecule has 0 bridgehead atoms. The number of aliphatic hydroxyl groups is 1. The van der Waals surface area contributed by atoms with Crippen molar-refractivity contribution < 1.29 is 9.90 Å². The molecule has 18 heavy (non-hydrogen) atoms. The highest BCUT2D eigenvalue weighted by molar-refractivity contribution is 5.76. The third-order valence-electron chi connectivity index (χ3n) is 3.17. The summed E-state index contributed by atoms with van der Waals surface area (Å²) in [7, 11) is 0. The van der Waals surface area contributed by atoms with Gasteiger partial charge in [0.15, 0.2) is 0 Å². The summed E-state index contributed by atoms with van der Waals surface area (Å²) in [6.45, 7) is 4.63. The minimum atomic E-state index is 0.161. The monoisotopic (exact) mass is 253 g/mol. The topological polar surface area (TPSA) is 74.5 Å². The number of aryl methyl sites for hydroxylation is 1. The van der Waals surface area contributed by atoms with Crippen molar-refractivity contribution in [2.45, 2.75) is 13.0 Å². The Hall–Kier alpha value is -1.47. The lowest BCUT2D eigenvalue weighted by Gasteiger charge is -2.34. The molecule has 0 unspecified atom stereocenters. The van der Waals surface area contributed by atoms with Crippen LogP contribution in [0.1, 0.15) is 6.42 Å². The Labute approximate surface area is 106 Å². The molecular formula is C11H19N5O2. The first-order valence-corrected chi connectivity index (χ1v) is 6.24. The third kappa shape index (κ3) is 3.51. The lowest BCUT2D eigenvalue weighted by molar-refractivity contribution is -0.133. The van der Waals surface area contributed by atoms with Gasteiger partial charge in [0, 0.05) is 45.3 Å². The summed E-state index contributed by atoms with van der Waals surface area (Å²) in [5, 5.41) is 16.4. The molecule has 100 valence electrons. The quantitative estimate of drug-likeness (QED) is 0.714. The highest BCUT2D eigenvalue weighted by Crippen LogP contribution is 2.04. The number of amides is 1. The van der Waals surface area contributed by atoms with Crippen LogP contribution in [0.4, 0.5) is 0 Å². The normalized spacial score (nSPS) is 17.1. The van der Waals surface area contributed by atoms with Crippen molar-refractivity contribution in [1.29, 1.82) is 0 Å². The van der Waals surface area contributed by atoms with E-state index < -0.39 is 0 Å². The molecule has 7 heteroatoms. The van der Waals surface area contributed by atoms with Gasteiger partial charge in [-0.1, -0.05) is 5.21 Å². The van der Waals surface area contributed by atoms with Crippen molar-refractivity contribution in [2.24, 2.45) is 0 Å². The van der Waals surface area contributed by atoms with Crippen LogP contribution in [0.3, 0.4) is 0 Å². The van der Waals surface area contributed by atoms with Gasteiger partial charge in [-0.2, -0.15) is 0 Å². The molecule has 0 saturated carbocycles. The largest absolute Gasteiger partial charge is 0.395 e. The Bertz CT molecular complexity index is 360. The van der Waals surface area contributed by atoms with Gasteiger partial charge in [0.2, 0.25) is 5.91 Å². The maximum absolute atomic E-state index is 12.0. The van der Waals surface area contributed by atoms with Gasteiger partial charge >= 0.3 is 0 Å². The van der Waals surface area contributed by atoms with Crippen LogP contribution in [-0.2, 0) is 11.3 Å². The van der Waals surface area contributed by atoms with Crippen molar-refractivity contribution in [3.8, 4) is 0 Å². The maximum atomic E-state index is 12.0. The van der Waals surface area contributed by atoms with Crippen molar-refractivity contribution in [3.63, 3.8) is 0 Å². The summed E-state index contributed by atoms with van der Waals surface area (Å²) in [5.74, 6) is 0.161. The fraction of sp³-hybridized carbons (Fsp3) is 0.727. The number of aromatic nitrogens is 3. The van der Waals surface area contributed by atoms with Crippen LogP contribution in [-0.4, -0.2) is 75.1 Å². The highest BCUT2D eigenvalue weighted by Gasteiger charge is 2.20. The maximum Gasteiger partial charge on any atom is 0.224 e. The fourth-order valence-electron chi connectivity index (χ4n) is 2.08. The first kappa shape index (κ1) is 13.0. The lowest BCUT2D eigenvalue weighted by atomic mass is 10.2. The molecule has 1 saturated heterocycles. The molecule has 0 radical (unpaired) electrons. The molecule has 1 aliphatic heterocycles. The molecule has 0 aromatic carbocycles. The van der Waals surface area contributed by atoms with E-state index in [-0.39, 0.29) is 12.5 Å². The molecule has 0 aliphatic carbocycles. The van der Waals surface area contributed by atoms with E-state index in [4.69, 9.17) is 5.11 Å². The molecule has 2 rings (SSSR count). The Morgan fingerprint density at radius 1 is 1.22 bits per heavy atom. The van der Waals surface area contributed by atoms with E-state index in [0.717, 1.165) is 26.2 Å². The number of rotatable bonds is 5. The first-order valence-electron chi connectivity index (χ1n) is 6.24. The third-order valence-corrected chi connectivity index (χ3v) is 3.17. The van der Waals surface area contributed by atoms with Crippen molar-refractivity contribution >= 4 is 5.91 Å². The smallest absolute Gasteiger partial charge is 0.224 e. The number of β-amino-alcohol motifs (C(OH)–C–C–N with tert-alkyl or cyclic N) is 1. The number of carbonyl (C=O) groups excluding carboxylic acids is 1. The SMILES string of the molecule is O=C(CCn1ccnn1)N1CCN(CCO)CC1. The fourth-order valence-corrected chi connectivity index (χ4v) is 2.08. The summed E-state index contributed by atoms with van der Waals surface area (Å²) < 4.78 is 1.67. The second kappa shape index (κ2) is 6.46. The summed E-state index contributed by atoms with van der Waals surface area (Å²) >= 11 is 0. The summed E-state index contributed by atoms with van der Waals surface area (Å²) in [6, 6.07) is 0. The zero-order chi connectivity index (χ0) is 12.8. The molecule has 1 aromatic heterocycles. The summed E-state index contributed by atoms with van der Waals surface area (Å²) in [6.07, 6.45) is 3.83. The Kier molecular flexibility index (Phi) is 4.66. The molecule has 2 heterocycles. The van der Waals surface area contributed by atoms with Gasteiger partial charge in [-0.05, 0) is 0 Å². The molecule has 1 fully saturated rings. The van der Waals surface area contributed by atoms with Crippen LogP contribution in [0.15, 0.2) is 12.4 Å². The number of hydrogen-bond acceptors (Lipinski definition) is 5. The average molecular weight is 253 g/mol. The van der Waals surface area contributed by atoms with Crippen LogP contribution in [0.5, 0.6) is 0 Å². The van der Waals surface area contributed by atoms with Crippen LogP contribution in [0.25, 0.3) is 0 Å². The number of hydrogen-bond donors (Lipinski definition) is 1. The molecule has 1 aliphatic rings. The Balaban J connectivity index is 1.70. The van der Waals surface area contributed by atoms with Crippen molar-refractivity contribution in [3.05, 3.63) is 12.4 Å². The van der Waals surface area contributed by atoms with Gasteiger partial charge in [-0.3, -0.25) is 14.4 Å². The molecule has 1 amide bonds. The number of piperazine rings is 1. The van der Waals surface area contributed by atoms with E-state index in [1.165, 1.54) is 0 Å². The molecule has 1 aromatic rings. The number of carbonyl (C=O) groups is 1. The first-order chi connectivity index (χ1) is 8.79. The molecule has 1 N–H and O–H groups in total. The van der Waals surface area contributed by atoms with E-state index in [2.05, 4.69) is 15.2 Å². The van der Waals surface area contributed by atoms with Gasteiger partial charge < -0.3 is 10.0 Å². The van der Waals surface area contributed by atoms with Gasteiger partial charge in [0.05, 0.1) is 19.3 Å². The van der Waals surface area contributed by atoms with Gasteiger partial charge in [0.25, 0.3) is 0 Å². The van der Waals surface area contributed by atoms with E-state index in [1.54, 1.807) is 17.1 Å². The Morgan fingerprint density at radius 2 is 2.00 bits per heavy atom. The van der Waals surface area contributed by atoms with E-state index in [1.807, 2.05) is 4.90 Å². The van der Waals surface area contributed by atoms with Crippen LogP contribution in [0.2, 0.25) is 0 Å². The Morgan fingerprint density at radius 3 is 2.61 bits per heavy atom. The minimum absolute atomic E-state index is 0.161. The van der Waals surface area contributed by atoms with Gasteiger partial charge in [-0.25, -0.2) is 0 Å². The zero-order valence-corrected chi connectivity index (χ0v) is 10.4. The van der Waals surface area contributed by atoms with Gasteiger partial charge in [-0.15, -0.1) is 5.10 Å². The van der Waals surface area contributed by atoms with E-state index in [0.29, 0.717) is 19.5 Å². The standard InChI is InChI=1S/C11H19N5O2/c17-10-9-14-5-7-15(8-6-14)11(18)1-3-16-4-2-12-13-16/h2,4,17H,1,3,5-10H2. The molecule has 0 spiro atoms. The number of aliphatic hydroxyl groups excluding tert-OH is 1. The zero-order valence-electron chi connectivity index (χ0n) is 10.4. The van der Waals surface area contributed by atoms with E-state index in [9.17, 15) is 4.79 Å². The van der Waals surface area contributed by atoms with Crippen molar-refractivity contribution in [2.75, 3.05) is 39.3 Å². The molecule has 0 atom stereocenters. The van der Waals surface area contributed by atoms with Crippen LogP contribution < -0.4 is 0 Å². The van der Waals surface area contributed by atoms with E-state index >= 15 is 0 Å². The average Bonchev–Trinajstić information content (AvgIpc) is 2.90. The molecule has 7 nitrogen and oxygen atoms in total. The lowest BCUT2D eigenvalue weighted by Crippen LogP contribution is -2.49. The summed E-state index contributed by atoms with van der Waals surface area (Å²) in [5.41, 5.74) is 0. The predicted molar refractivity (Wildman–Crippen MR) is 64.7 cm³/mol. The predicted octanol–water partition coefficient (Wildman–Crippen LogP) is -1.20. The van der Waals surface area contributed by atoms with Crippen LogP contribution in [0, 0.1) is 0 Å². The minimum Gasteiger partial charge on any atom is -0.395 e. The van der Waals surface area contributed by atoms with Crippen molar-refractivity contribution in [1.82, 2.24) is 24.8 Å². The number of nitrogens with zero attached hydrogens (tertiary/aromatic N) is 5. The van der Waals surface area contributed by atoms with Gasteiger partial charge in [0.1, 0.15) is 0 Å². The second-order valence-corrected chi connectivity index (χ2v) is 4.36. The second-order valence-electron chi connectivity index (χ2n) is 4.36. The molecular weight excluding hydrogens is 234 g/mol.